The van der Waals surface area contributed by atoms with Gasteiger partial charge in [-0.1, -0.05) is 6.07 Å². The maximum atomic E-state index is 12.5. The van der Waals surface area contributed by atoms with Crippen molar-refractivity contribution in [1.82, 2.24) is 10.7 Å². The van der Waals surface area contributed by atoms with E-state index in [9.17, 15) is 18.0 Å². The van der Waals surface area contributed by atoms with Crippen molar-refractivity contribution in [3.63, 3.8) is 0 Å². The molecular weight excluding hydrogens is 317 g/mol. The molecule has 2 rings (SSSR count). The first-order chi connectivity index (χ1) is 10.3. The lowest BCUT2D eigenvalue weighted by atomic mass is 10.2. The van der Waals surface area contributed by atoms with Gasteiger partial charge in [0.05, 0.1) is 0 Å². The maximum Gasteiger partial charge on any atom is 0.425 e. The zero-order valence-corrected chi connectivity index (χ0v) is 12.1. The van der Waals surface area contributed by atoms with E-state index in [4.69, 9.17) is 10.5 Å². The molecule has 0 bridgehead atoms. The van der Waals surface area contributed by atoms with Crippen LogP contribution >= 0.6 is 11.3 Å². The predicted octanol–water partition coefficient (Wildman–Crippen LogP) is 4.09. The van der Waals surface area contributed by atoms with Crippen LogP contribution in [0.25, 0.3) is 0 Å². The van der Waals surface area contributed by atoms with Crippen LogP contribution in [0.15, 0.2) is 29.6 Å². The molecule has 8 heteroatoms. The number of aromatic nitrogens is 1. The lowest BCUT2D eigenvalue weighted by Crippen LogP contribution is -2.01. The van der Waals surface area contributed by atoms with E-state index in [1.54, 1.807) is 18.2 Å². The largest absolute Gasteiger partial charge is 0.438 e. The van der Waals surface area contributed by atoms with Crippen LogP contribution < -0.4 is 10.5 Å². The minimum Gasteiger partial charge on any atom is -0.438 e. The Bertz CT molecular complexity index is 656. The number of nitrogens with zero attached hydrogens (tertiary/aromatic N) is 1. The summed E-state index contributed by atoms with van der Waals surface area (Å²) in [5.74, 6) is -0.352. The number of nitrogens with one attached hydrogen (secondary N) is 1. The van der Waals surface area contributed by atoms with Gasteiger partial charge in [-0.15, -0.1) is 11.3 Å². The minimum absolute atomic E-state index is 0.0864. The highest BCUT2D eigenvalue weighted by Crippen LogP contribution is 2.37. The second-order valence-corrected chi connectivity index (χ2v) is 5.40. The van der Waals surface area contributed by atoms with Crippen molar-refractivity contribution in [2.45, 2.75) is 25.4 Å². The van der Waals surface area contributed by atoms with E-state index >= 15 is 0 Å². The van der Waals surface area contributed by atoms with E-state index in [0.29, 0.717) is 29.9 Å². The quantitative estimate of drug-likeness (QED) is 0.802. The smallest absolute Gasteiger partial charge is 0.425 e. The molecule has 1 amide bonds. The van der Waals surface area contributed by atoms with Crippen LogP contribution in [0.1, 0.15) is 23.4 Å². The summed E-state index contributed by atoms with van der Waals surface area (Å²) in [7, 11) is 0. The van der Waals surface area contributed by atoms with Gasteiger partial charge in [0.15, 0.2) is 0 Å². The third-order valence-corrected chi connectivity index (χ3v) is 3.65. The molecule has 0 aliphatic carbocycles. The van der Waals surface area contributed by atoms with Gasteiger partial charge in [-0.3, -0.25) is 10.5 Å². The van der Waals surface area contributed by atoms with Crippen molar-refractivity contribution in [3.8, 4) is 11.6 Å². The molecule has 1 radical (unpaired) electrons. The standard InChI is InChI=1S/C14H12F3N2O2S/c15-14(16,17)11-7-10(8-22-11)21-13-6-2-4-9(19-13)3-1-5-12(18)20/h2,4,6-8,18H,1,3,5H2. The molecule has 0 fully saturated rings. The Labute approximate surface area is 128 Å². The summed E-state index contributed by atoms with van der Waals surface area (Å²) < 4.78 is 42.8. The third kappa shape index (κ3) is 4.73. The number of carbonyl (C=O) groups is 1. The highest BCUT2D eigenvalue weighted by molar-refractivity contribution is 7.10. The molecule has 0 unspecified atom stereocenters. The van der Waals surface area contributed by atoms with Gasteiger partial charge in [0.1, 0.15) is 10.6 Å². The summed E-state index contributed by atoms with van der Waals surface area (Å²) in [4.78, 5) is 14.0. The van der Waals surface area contributed by atoms with E-state index in [2.05, 4.69) is 4.98 Å². The highest BCUT2D eigenvalue weighted by atomic mass is 32.1. The molecule has 0 saturated heterocycles. The molecule has 0 spiro atoms. The Hall–Kier alpha value is -2.09. The maximum absolute atomic E-state index is 12.5. The average Bonchev–Trinajstić information content (AvgIpc) is 2.87. The molecule has 1 N–H and O–H groups in total. The highest BCUT2D eigenvalue weighted by Gasteiger charge is 2.32. The molecule has 22 heavy (non-hydrogen) atoms. The van der Waals surface area contributed by atoms with Crippen LogP contribution in [0.5, 0.6) is 11.6 Å². The Kier molecular flexibility index (Phi) is 5.02. The summed E-state index contributed by atoms with van der Waals surface area (Å²) in [6.45, 7) is 0. The number of halogens is 3. The lowest BCUT2D eigenvalue weighted by Gasteiger charge is -2.05. The summed E-state index contributed by atoms with van der Waals surface area (Å²) in [5.41, 5.74) is 7.47. The van der Waals surface area contributed by atoms with E-state index in [1.807, 2.05) is 0 Å². The molecule has 0 aliphatic rings. The minimum atomic E-state index is -4.38. The van der Waals surface area contributed by atoms with E-state index in [0.717, 1.165) is 6.07 Å². The van der Waals surface area contributed by atoms with Crippen molar-refractivity contribution in [3.05, 3.63) is 40.2 Å². The monoisotopic (exact) mass is 329 g/mol. The lowest BCUT2D eigenvalue weighted by molar-refractivity contribution is -0.134. The summed E-state index contributed by atoms with van der Waals surface area (Å²) >= 11 is 0.561. The first-order valence-electron chi connectivity index (χ1n) is 6.38. The van der Waals surface area contributed by atoms with Crippen LogP contribution in [0.3, 0.4) is 0 Å². The summed E-state index contributed by atoms with van der Waals surface area (Å²) in [6, 6.07) is 5.88. The molecule has 2 heterocycles. The van der Waals surface area contributed by atoms with Crippen LogP contribution in [0.4, 0.5) is 13.2 Å². The molecule has 0 saturated carbocycles. The number of alkyl halides is 3. The van der Waals surface area contributed by atoms with E-state index in [-0.39, 0.29) is 18.1 Å². The van der Waals surface area contributed by atoms with Crippen LogP contribution in [0.2, 0.25) is 0 Å². The fraction of sp³-hybridized carbons (Fsp3) is 0.286. The Morgan fingerprint density at radius 2 is 2.14 bits per heavy atom. The Morgan fingerprint density at radius 1 is 1.36 bits per heavy atom. The van der Waals surface area contributed by atoms with Crippen LogP contribution in [0, 0.1) is 0 Å². The van der Waals surface area contributed by atoms with Gasteiger partial charge < -0.3 is 4.74 Å². The van der Waals surface area contributed by atoms with Gasteiger partial charge in [0.2, 0.25) is 11.8 Å². The number of aryl methyl sites for hydroxylation is 1. The van der Waals surface area contributed by atoms with Crippen molar-refractivity contribution in [2.75, 3.05) is 0 Å². The van der Waals surface area contributed by atoms with Crippen molar-refractivity contribution in [2.24, 2.45) is 0 Å². The van der Waals surface area contributed by atoms with Crippen molar-refractivity contribution >= 4 is 17.2 Å². The summed E-state index contributed by atoms with van der Waals surface area (Å²) in [6.07, 6.45) is -3.24. The number of ether oxygens (including phenoxy) is 1. The second-order valence-electron chi connectivity index (χ2n) is 4.49. The predicted molar refractivity (Wildman–Crippen MR) is 74.7 cm³/mol. The molecule has 0 aromatic carbocycles. The zero-order chi connectivity index (χ0) is 16.2. The number of rotatable bonds is 6. The molecule has 2 aromatic rings. The van der Waals surface area contributed by atoms with E-state index < -0.39 is 17.0 Å². The molecular formula is C14H12F3N2O2S. The molecule has 4 nitrogen and oxygen atoms in total. The topological polar surface area (TPSA) is 63.0 Å². The molecule has 117 valence electrons. The third-order valence-electron chi connectivity index (χ3n) is 2.70. The van der Waals surface area contributed by atoms with Crippen LogP contribution in [-0.4, -0.2) is 10.9 Å². The SMILES string of the molecule is [NH]C(=O)CCCc1cccc(Oc2csc(C(F)(F)F)c2)n1. The number of thiophene rings is 1. The molecule has 2 aromatic heterocycles. The number of hydrogen-bond donors (Lipinski definition) is 0. The Morgan fingerprint density at radius 3 is 2.77 bits per heavy atom. The normalized spacial score (nSPS) is 11.4. The number of pyridine rings is 1. The first-order valence-corrected chi connectivity index (χ1v) is 7.26. The Balaban J connectivity index is 2.01. The molecule has 0 atom stereocenters. The van der Waals surface area contributed by atoms with Gasteiger partial charge in [0, 0.05) is 29.6 Å². The van der Waals surface area contributed by atoms with Gasteiger partial charge in [-0.25, -0.2) is 4.98 Å². The van der Waals surface area contributed by atoms with E-state index in [1.165, 1.54) is 5.38 Å². The fourth-order valence-corrected chi connectivity index (χ4v) is 2.40. The first kappa shape index (κ1) is 16.3. The van der Waals surface area contributed by atoms with Gasteiger partial charge in [-0.05, 0) is 18.9 Å². The number of amides is 1. The van der Waals surface area contributed by atoms with Crippen molar-refractivity contribution < 1.29 is 22.7 Å². The number of carbonyl (C=O) groups excluding carboxylic acids is 1. The van der Waals surface area contributed by atoms with Crippen molar-refractivity contribution in [1.29, 1.82) is 0 Å². The summed E-state index contributed by atoms with van der Waals surface area (Å²) in [5, 5.41) is 1.27. The van der Waals surface area contributed by atoms with Gasteiger partial charge >= 0.3 is 6.18 Å². The average molecular weight is 329 g/mol. The van der Waals surface area contributed by atoms with Gasteiger partial charge in [0.25, 0.3) is 0 Å². The number of hydrogen-bond acceptors (Lipinski definition) is 4. The fourth-order valence-electron chi connectivity index (χ4n) is 1.73. The van der Waals surface area contributed by atoms with Crippen LogP contribution in [-0.2, 0) is 17.4 Å². The molecule has 0 aliphatic heterocycles. The zero-order valence-electron chi connectivity index (χ0n) is 11.3. The second kappa shape index (κ2) is 6.78. The van der Waals surface area contributed by atoms with Gasteiger partial charge in [-0.2, -0.15) is 13.2 Å².